The molecular formula is C12H12Cl2O2. The van der Waals surface area contributed by atoms with E-state index in [-0.39, 0.29) is 5.97 Å². The summed E-state index contributed by atoms with van der Waals surface area (Å²) in [4.78, 5) is 11.4. The molecule has 0 saturated heterocycles. The van der Waals surface area contributed by atoms with Crippen LogP contribution in [0.1, 0.15) is 19.4 Å². The van der Waals surface area contributed by atoms with Crippen LogP contribution < -0.4 is 0 Å². The third kappa shape index (κ3) is 3.26. The van der Waals surface area contributed by atoms with E-state index in [0.717, 1.165) is 0 Å². The number of benzene rings is 1. The van der Waals surface area contributed by atoms with Gasteiger partial charge in [0.05, 0.1) is 6.61 Å². The molecule has 0 aliphatic heterocycles. The molecule has 2 nitrogen and oxygen atoms in total. The second-order valence-electron chi connectivity index (χ2n) is 3.18. The van der Waals surface area contributed by atoms with Crippen LogP contribution in [0.2, 0.25) is 10.0 Å². The first-order valence-corrected chi connectivity index (χ1v) is 5.61. The molecule has 0 radical (unpaired) electrons. The van der Waals surface area contributed by atoms with Crippen molar-refractivity contribution < 1.29 is 9.53 Å². The van der Waals surface area contributed by atoms with Gasteiger partial charge >= 0.3 is 5.97 Å². The zero-order valence-corrected chi connectivity index (χ0v) is 10.6. The van der Waals surface area contributed by atoms with E-state index in [9.17, 15) is 4.79 Å². The van der Waals surface area contributed by atoms with Gasteiger partial charge in [-0.25, -0.2) is 4.79 Å². The van der Waals surface area contributed by atoms with Crippen molar-refractivity contribution in [2.24, 2.45) is 0 Å². The molecule has 0 aliphatic rings. The molecule has 0 aliphatic carbocycles. The third-order valence-electron chi connectivity index (χ3n) is 1.96. The number of hydrogen-bond acceptors (Lipinski definition) is 2. The Balaban J connectivity index is 3.02. The minimum absolute atomic E-state index is 0.347. The molecule has 0 amide bonds. The summed E-state index contributed by atoms with van der Waals surface area (Å²) in [5.74, 6) is -0.363. The maximum atomic E-state index is 11.4. The van der Waals surface area contributed by atoms with E-state index in [4.69, 9.17) is 27.9 Å². The van der Waals surface area contributed by atoms with Gasteiger partial charge in [-0.2, -0.15) is 0 Å². The van der Waals surface area contributed by atoms with Crippen LogP contribution >= 0.6 is 23.2 Å². The van der Waals surface area contributed by atoms with Crippen molar-refractivity contribution in [1.29, 1.82) is 0 Å². The van der Waals surface area contributed by atoms with Crippen molar-refractivity contribution in [3.8, 4) is 0 Å². The van der Waals surface area contributed by atoms with Crippen molar-refractivity contribution in [2.45, 2.75) is 13.8 Å². The number of ether oxygens (including phenoxy) is 1. The van der Waals surface area contributed by atoms with Gasteiger partial charge in [0.25, 0.3) is 0 Å². The highest BCUT2D eigenvalue weighted by Gasteiger charge is 2.08. The SMILES string of the molecule is CCOC(=O)C(C)=Cc1c(Cl)cccc1Cl. The number of rotatable bonds is 3. The van der Waals surface area contributed by atoms with Crippen molar-refractivity contribution in [3.05, 3.63) is 39.4 Å². The zero-order valence-electron chi connectivity index (χ0n) is 9.09. The first-order chi connectivity index (χ1) is 7.56. The number of hydrogen-bond donors (Lipinski definition) is 0. The minimum Gasteiger partial charge on any atom is -0.463 e. The van der Waals surface area contributed by atoms with Crippen molar-refractivity contribution in [1.82, 2.24) is 0 Å². The lowest BCUT2D eigenvalue weighted by Crippen LogP contribution is -2.04. The summed E-state index contributed by atoms with van der Waals surface area (Å²) in [7, 11) is 0. The Labute approximate surface area is 105 Å². The van der Waals surface area contributed by atoms with Gasteiger partial charge in [-0.05, 0) is 32.1 Å². The van der Waals surface area contributed by atoms with Crippen LogP contribution in [-0.4, -0.2) is 12.6 Å². The van der Waals surface area contributed by atoms with E-state index in [1.807, 2.05) is 0 Å². The molecule has 16 heavy (non-hydrogen) atoms. The Bertz CT molecular complexity index is 405. The largest absolute Gasteiger partial charge is 0.463 e. The fourth-order valence-electron chi connectivity index (χ4n) is 1.17. The van der Waals surface area contributed by atoms with Gasteiger partial charge < -0.3 is 4.74 Å². The fraction of sp³-hybridized carbons (Fsp3) is 0.250. The molecule has 86 valence electrons. The van der Waals surface area contributed by atoms with E-state index >= 15 is 0 Å². The summed E-state index contributed by atoms with van der Waals surface area (Å²) in [6.07, 6.45) is 1.63. The Morgan fingerprint density at radius 1 is 1.38 bits per heavy atom. The molecule has 0 N–H and O–H groups in total. The molecule has 0 saturated carbocycles. The zero-order chi connectivity index (χ0) is 12.1. The summed E-state index contributed by atoms with van der Waals surface area (Å²) in [6, 6.07) is 5.19. The fourth-order valence-corrected chi connectivity index (χ4v) is 1.68. The van der Waals surface area contributed by atoms with Crippen LogP contribution in [0.3, 0.4) is 0 Å². The van der Waals surface area contributed by atoms with E-state index in [2.05, 4.69) is 0 Å². The number of halogens is 2. The van der Waals surface area contributed by atoms with Crippen LogP contribution in [-0.2, 0) is 9.53 Å². The quantitative estimate of drug-likeness (QED) is 0.606. The summed E-state index contributed by atoms with van der Waals surface area (Å²) in [5.41, 5.74) is 1.10. The first-order valence-electron chi connectivity index (χ1n) is 4.85. The monoisotopic (exact) mass is 258 g/mol. The molecule has 0 bridgehead atoms. The molecule has 0 fully saturated rings. The molecular weight excluding hydrogens is 247 g/mol. The lowest BCUT2D eigenvalue weighted by Gasteiger charge is -2.04. The Morgan fingerprint density at radius 2 is 1.94 bits per heavy atom. The van der Waals surface area contributed by atoms with E-state index in [1.165, 1.54) is 0 Å². The lowest BCUT2D eigenvalue weighted by molar-refractivity contribution is -0.138. The molecule has 0 atom stereocenters. The van der Waals surface area contributed by atoms with Gasteiger partial charge in [0.1, 0.15) is 0 Å². The predicted molar refractivity (Wildman–Crippen MR) is 66.7 cm³/mol. The standard InChI is InChI=1S/C12H12Cl2O2/c1-3-16-12(15)8(2)7-9-10(13)5-4-6-11(9)14/h4-7H,3H2,1-2H3. The van der Waals surface area contributed by atoms with Gasteiger partial charge in [0.15, 0.2) is 0 Å². The van der Waals surface area contributed by atoms with E-state index in [1.54, 1.807) is 38.1 Å². The number of carbonyl (C=O) groups excluding carboxylic acids is 1. The number of esters is 1. The summed E-state index contributed by atoms with van der Waals surface area (Å²) < 4.78 is 4.86. The topological polar surface area (TPSA) is 26.3 Å². The molecule has 4 heteroatoms. The average molecular weight is 259 g/mol. The van der Waals surface area contributed by atoms with Gasteiger partial charge in [-0.15, -0.1) is 0 Å². The molecule has 0 unspecified atom stereocenters. The predicted octanol–water partition coefficient (Wildman–Crippen LogP) is 3.96. The van der Waals surface area contributed by atoms with E-state index < -0.39 is 0 Å². The van der Waals surface area contributed by atoms with Gasteiger partial charge in [-0.1, -0.05) is 29.3 Å². The molecule has 1 aromatic carbocycles. The van der Waals surface area contributed by atoms with Crippen LogP contribution in [0.5, 0.6) is 0 Å². The van der Waals surface area contributed by atoms with Crippen LogP contribution in [0, 0.1) is 0 Å². The summed E-state index contributed by atoms with van der Waals surface area (Å²) in [6.45, 7) is 3.77. The van der Waals surface area contributed by atoms with Crippen molar-refractivity contribution >= 4 is 35.2 Å². The summed E-state index contributed by atoms with van der Waals surface area (Å²) in [5, 5.41) is 1.02. The average Bonchev–Trinajstić information content (AvgIpc) is 2.23. The maximum Gasteiger partial charge on any atom is 0.333 e. The van der Waals surface area contributed by atoms with Crippen LogP contribution in [0.15, 0.2) is 23.8 Å². The van der Waals surface area contributed by atoms with Crippen LogP contribution in [0.25, 0.3) is 6.08 Å². The normalized spacial score (nSPS) is 11.4. The van der Waals surface area contributed by atoms with Gasteiger partial charge in [0, 0.05) is 21.2 Å². The molecule has 1 aromatic rings. The smallest absolute Gasteiger partial charge is 0.333 e. The Morgan fingerprint density at radius 3 is 2.44 bits per heavy atom. The highest BCUT2D eigenvalue weighted by Crippen LogP contribution is 2.26. The van der Waals surface area contributed by atoms with Crippen LogP contribution in [0.4, 0.5) is 0 Å². The van der Waals surface area contributed by atoms with Gasteiger partial charge in [-0.3, -0.25) is 0 Å². The Hall–Kier alpha value is -0.990. The molecule has 0 heterocycles. The maximum absolute atomic E-state index is 11.4. The highest BCUT2D eigenvalue weighted by molar-refractivity contribution is 6.37. The Kier molecular flexibility index (Phi) is 4.84. The first kappa shape index (κ1) is 13.1. The lowest BCUT2D eigenvalue weighted by atomic mass is 10.1. The second-order valence-corrected chi connectivity index (χ2v) is 4.00. The minimum atomic E-state index is -0.363. The van der Waals surface area contributed by atoms with Crippen molar-refractivity contribution in [2.75, 3.05) is 6.61 Å². The van der Waals surface area contributed by atoms with E-state index in [0.29, 0.717) is 27.8 Å². The molecule has 0 aromatic heterocycles. The van der Waals surface area contributed by atoms with Crippen molar-refractivity contribution in [3.63, 3.8) is 0 Å². The van der Waals surface area contributed by atoms with Gasteiger partial charge in [0.2, 0.25) is 0 Å². The second kappa shape index (κ2) is 5.92. The molecule has 1 rings (SSSR count). The number of carbonyl (C=O) groups is 1. The molecule has 0 spiro atoms. The third-order valence-corrected chi connectivity index (χ3v) is 2.62. The summed E-state index contributed by atoms with van der Waals surface area (Å²) >= 11 is 11.9. The highest BCUT2D eigenvalue weighted by atomic mass is 35.5.